The third kappa shape index (κ3) is 3.46. The van der Waals surface area contributed by atoms with E-state index >= 15 is 0 Å². The van der Waals surface area contributed by atoms with Crippen molar-refractivity contribution < 1.29 is 0 Å². The molecule has 2 aromatic carbocycles. The third-order valence-corrected chi connectivity index (χ3v) is 5.53. The SMILES string of the molecule is Cc1ccc2[nH]cc(Cn3cc(-c4cc(-c5cccc(C#N)c5C)nc(N)n4)nn3)c2c1. The zero-order chi connectivity index (χ0) is 22.2. The van der Waals surface area contributed by atoms with Crippen LogP contribution >= 0.6 is 0 Å². The van der Waals surface area contributed by atoms with Gasteiger partial charge in [0.2, 0.25) is 5.95 Å². The Kier molecular flexibility index (Phi) is 4.64. The molecule has 3 N–H and O–H groups in total. The molecule has 0 fully saturated rings. The molecule has 0 aliphatic rings. The second-order valence-electron chi connectivity index (χ2n) is 7.75. The summed E-state index contributed by atoms with van der Waals surface area (Å²) in [6.45, 7) is 4.55. The van der Waals surface area contributed by atoms with Gasteiger partial charge in [0.15, 0.2) is 0 Å². The van der Waals surface area contributed by atoms with Gasteiger partial charge in [0.05, 0.1) is 35.8 Å². The summed E-state index contributed by atoms with van der Waals surface area (Å²) in [6.07, 6.45) is 3.84. The standard InChI is InChI=1S/C24H20N8/c1-14-6-7-20-19(8-14)17(11-27-20)12-32-13-23(30-31-32)22-9-21(28-24(26)29-22)18-5-3-4-16(10-25)15(18)2/h3-9,11,13,27H,12H2,1-2H3,(H2,26,28,29). The van der Waals surface area contributed by atoms with Gasteiger partial charge in [0.25, 0.3) is 0 Å². The first-order valence-electron chi connectivity index (χ1n) is 10.1. The minimum Gasteiger partial charge on any atom is -0.368 e. The molecule has 0 saturated heterocycles. The number of nitrogens with one attached hydrogen (secondary N) is 1. The molecule has 3 heterocycles. The number of aromatic amines is 1. The van der Waals surface area contributed by atoms with Gasteiger partial charge >= 0.3 is 0 Å². The normalized spacial score (nSPS) is 11.0. The highest BCUT2D eigenvalue weighted by Crippen LogP contribution is 2.28. The maximum absolute atomic E-state index is 9.34. The van der Waals surface area contributed by atoms with Crippen LogP contribution in [0.2, 0.25) is 0 Å². The number of nitrogens with zero attached hydrogens (tertiary/aromatic N) is 6. The molecule has 0 aliphatic carbocycles. The Balaban J connectivity index is 1.49. The van der Waals surface area contributed by atoms with E-state index in [1.54, 1.807) is 10.7 Å². The number of aryl methyl sites for hydroxylation is 1. The van der Waals surface area contributed by atoms with Crippen molar-refractivity contribution in [2.24, 2.45) is 0 Å². The Morgan fingerprint density at radius 2 is 1.91 bits per heavy atom. The topological polar surface area (TPSA) is 122 Å². The van der Waals surface area contributed by atoms with Gasteiger partial charge in [-0.05, 0) is 49.2 Å². The minimum atomic E-state index is 0.140. The van der Waals surface area contributed by atoms with Gasteiger partial charge in [-0.1, -0.05) is 29.0 Å². The number of H-pyrrole nitrogens is 1. The Morgan fingerprint density at radius 3 is 2.75 bits per heavy atom. The number of benzene rings is 2. The van der Waals surface area contributed by atoms with E-state index in [9.17, 15) is 5.26 Å². The largest absolute Gasteiger partial charge is 0.368 e. The average Bonchev–Trinajstić information content (AvgIpc) is 3.41. The monoisotopic (exact) mass is 420 g/mol. The fourth-order valence-corrected chi connectivity index (χ4v) is 3.86. The summed E-state index contributed by atoms with van der Waals surface area (Å²) in [4.78, 5) is 12.0. The van der Waals surface area contributed by atoms with Crippen molar-refractivity contribution in [3.63, 3.8) is 0 Å². The van der Waals surface area contributed by atoms with Gasteiger partial charge in [0, 0.05) is 22.7 Å². The van der Waals surface area contributed by atoms with Gasteiger partial charge in [-0.3, -0.25) is 0 Å². The maximum atomic E-state index is 9.34. The smallest absolute Gasteiger partial charge is 0.221 e. The quantitative estimate of drug-likeness (QED) is 0.453. The molecule has 5 aromatic rings. The highest BCUT2D eigenvalue weighted by molar-refractivity contribution is 5.83. The first-order chi connectivity index (χ1) is 15.5. The van der Waals surface area contributed by atoms with E-state index < -0.39 is 0 Å². The number of rotatable bonds is 4. The molecule has 0 spiro atoms. The summed E-state index contributed by atoms with van der Waals surface area (Å²) in [5.74, 6) is 0.140. The number of anilines is 1. The molecular weight excluding hydrogens is 400 g/mol. The number of nitriles is 1. The van der Waals surface area contributed by atoms with Crippen LogP contribution in [-0.4, -0.2) is 29.9 Å². The van der Waals surface area contributed by atoms with Crippen molar-refractivity contribution in [3.05, 3.63) is 77.1 Å². The van der Waals surface area contributed by atoms with Crippen molar-refractivity contribution in [2.45, 2.75) is 20.4 Å². The first kappa shape index (κ1) is 19.5. The van der Waals surface area contributed by atoms with Crippen LogP contribution in [0.15, 0.2) is 54.9 Å². The lowest BCUT2D eigenvalue weighted by Crippen LogP contribution is -2.00. The predicted molar refractivity (Wildman–Crippen MR) is 122 cm³/mol. The number of aromatic nitrogens is 6. The van der Waals surface area contributed by atoms with Crippen LogP contribution in [0, 0.1) is 25.2 Å². The molecule has 0 unspecified atom stereocenters. The van der Waals surface area contributed by atoms with Crippen molar-refractivity contribution in [1.29, 1.82) is 5.26 Å². The van der Waals surface area contributed by atoms with Gasteiger partial charge < -0.3 is 10.7 Å². The average molecular weight is 420 g/mol. The van der Waals surface area contributed by atoms with Gasteiger partial charge in [-0.2, -0.15) is 5.26 Å². The molecule has 8 heteroatoms. The van der Waals surface area contributed by atoms with E-state index in [1.165, 1.54) is 10.9 Å². The van der Waals surface area contributed by atoms with E-state index in [2.05, 4.69) is 56.5 Å². The molecule has 0 bridgehead atoms. The molecule has 0 radical (unpaired) electrons. The molecule has 8 nitrogen and oxygen atoms in total. The zero-order valence-corrected chi connectivity index (χ0v) is 17.7. The Bertz CT molecular complexity index is 1500. The molecule has 0 amide bonds. The van der Waals surface area contributed by atoms with Crippen LogP contribution in [0.5, 0.6) is 0 Å². The van der Waals surface area contributed by atoms with Crippen molar-refractivity contribution in [1.82, 2.24) is 29.9 Å². The number of fused-ring (bicyclic) bond motifs is 1. The summed E-state index contributed by atoms with van der Waals surface area (Å²) in [5, 5.41) is 19.1. The summed E-state index contributed by atoms with van der Waals surface area (Å²) >= 11 is 0. The van der Waals surface area contributed by atoms with E-state index in [0.717, 1.165) is 22.2 Å². The second-order valence-corrected chi connectivity index (χ2v) is 7.75. The van der Waals surface area contributed by atoms with Crippen LogP contribution in [-0.2, 0) is 6.54 Å². The van der Waals surface area contributed by atoms with Crippen LogP contribution in [0.1, 0.15) is 22.3 Å². The maximum Gasteiger partial charge on any atom is 0.221 e. The fourth-order valence-electron chi connectivity index (χ4n) is 3.86. The van der Waals surface area contributed by atoms with E-state index in [4.69, 9.17) is 5.73 Å². The molecule has 0 atom stereocenters. The van der Waals surface area contributed by atoms with Gasteiger partial charge in [-0.15, -0.1) is 5.10 Å². The van der Waals surface area contributed by atoms with Crippen LogP contribution in [0.3, 0.4) is 0 Å². The summed E-state index contributed by atoms with van der Waals surface area (Å²) in [6, 6.07) is 15.9. The first-order valence-corrected chi connectivity index (χ1v) is 10.1. The molecule has 32 heavy (non-hydrogen) atoms. The van der Waals surface area contributed by atoms with Gasteiger partial charge in [0.1, 0.15) is 5.69 Å². The highest BCUT2D eigenvalue weighted by Gasteiger charge is 2.14. The van der Waals surface area contributed by atoms with Crippen LogP contribution in [0.4, 0.5) is 5.95 Å². The lowest BCUT2D eigenvalue weighted by atomic mass is 10.00. The number of nitrogens with two attached hydrogens (primary N) is 1. The van der Waals surface area contributed by atoms with E-state index in [0.29, 0.717) is 29.2 Å². The third-order valence-electron chi connectivity index (χ3n) is 5.53. The second kappa shape index (κ2) is 7.63. The Morgan fingerprint density at radius 1 is 1.06 bits per heavy atom. The van der Waals surface area contributed by atoms with Crippen LogP contribution < -0.4 is 5.73 Å². The van der Waals surface area contributed by atoms with Crippen molar-refractivity contribution in [2.75, 3.05) is 5.73 Å². The lowest BCUT2D eigenvalue weighted by molar-refractivity contribution is 0.652. The lowest BCUT2D eigenvalue weighted by Gasteiger charge is -2.08. The number of hydrogen-bond acceptors (Lipinski definition) is 6. The highest BCUT2D eigenvalue weighted by atomic mass is 15.4. The molecule has 5 rings (SSSR count). The molecule has 156 valence electrons. The summed E-state index contributed by atoms with van der Waals surface area (Å²) < 4.78 is 1.78. The fraction of sp³-hybridized carbons (Fsp3) is 0.125. The van der Waals surface area contributed by atoms with E-state index in [-0.39, 0.29) is 5.95 Å². The van der Waals surface area contributed by atoms with Crippen LogP contribution in [0.25, 0.3) is 33.5 Å². The number of hydrogen-bond donors (Lipinski definition) is 2. The van der Waals surface area contributed by atoms with Gasteiger partial charge in [-0.25, -0.2) is 14.6 Å². The minimum absolute atomic E-state index is 0.140. The summed E-state index contributed by atoms with van der Waals surface area (Å²) in [7, 11) is 0. The van der Waals surface area contributed by atoms with Crippen molar-refractivity contribution in [3.8, 4) is 28.7 Å². The number of nitrogen functional groups attached to an aromatic ring is 1. The van der Waals surface area contributed by atoms with E-state index in [1.807, 2.05) is 37.5 Å². The van der Waals surface area contributed by atoms with Crippen molar-refractivity contribution >= 4 is 16.9 Å². The Hall–Kier alpha value is -4.51. The Labute approximate surface area is 184 Å². The molecule has 0 saturated carbocycles. The molecule has 3 aromatic heterocycles. The molecule has 0 aliphatic heterocycles. The predicted octanol–water partition coefficient (Wildman–Crippen LogP) is 4.00. The zero-order valence-electron chi connectivity index (χ0n) is 17.7. The summed E-state index contributed by atoms with van der Waals surface area (Å²) in [5.41, 5.74) is 13.5. The molecular formula is C24H20N8.